The predicted molar refractivity (Wildman–Crippen MR) is 153 cm³/mol. The number of nitrogens with zero attached hydrogens (tertiary/aromatic N) is 2. The first-order chi connectivity index (χ1) is 18.5. The molecule has 1 N–H and O–H groups in total. The third-order valence-corrected chi connectivity index (χ3v) is 6.54. The maximum absolute atomic E-state index is 15.0. The van der Waals surface area contributed by atoms with Crippen molar-refractivity contribution in [1.82, 2.24) is 10.2 Å². The van der Waals surface area contributed by atoms with Crippen molar-refractivity contribution < 1.29 is 9.18 Å². The fraction of sp³-hybridized carbons (Fsp3) is 0.242. The molecule has 1 amide bonds. The van der Waals surface area contributed by atoms with Gasteiger partial charge >= 0.3 is 0 Å². The summed E-state index contributed by atoms with van der Waals surface area (Å²) in [5, 5.41) is 3.07. The molecule has 1 atom stereocenters. The number of halogens is 1. The number of carbonyl (C=O) groups is 1. The number of hydrogen-bond acceptors (Lipinski definition) is 3. The molecule has 0 bridgehead atoms. The molecule has 0 spiro atoms. The quantitative estimate of drug-likeness (QED) is 0.247. The molecule has 0 heterocycles. The minimum Gasteiger partial charge on any atom is -0.370 e. The first-order valence-corrected chi connectivity index (χ1v) is 13.1. The molecule has 4 rings (SSSR count). The van der Waals surface area contributed by atoms with Crippen LogP contribution in [0, 0.1) is 5.82 Å². The number of anilines is 1. The van der Waals surface area contributed by atoms with Crippen molar-refractivity contribution in [1.29, 1.82) is 0 Å². The van der Waals surface area contributed by atoms with Crippen molar-refractivity contribution in [2.24, 2.45) is 0 Å². The van der Waals surface area contributed by atoms with E-state index in [1.54, 1.807) is 6.07 Å². The Morgan fingerprint density at radius 2 is 1.26 bits per heavy atom. The highest BCUT2D eigenvalue weighted by Crippen LogP contribution is 2.21. The standard InChI is InChI=1S/C33H36FN3O/c1-26(20-30-18-19-31(21-32(30)34)36(2)22-27-12-6-3-7-13-27)35-33(38)25-37(23-28-14-8-4-9-15-28)24-29-16-10-5-11-17-29/h3-19,21,26H,20,22-25H2,1-2H3,(H,35,38). The molecule has 0 fully saturated rings. The van der Waals surface area contributed by atoms with Crippen LogP contribution in [-0.2, 0) is 30.8 Å². The minimum absolute atomic E-state index is 0.0658. The number of amides is 1. The Balaban J connectivity index is 1.33. The van der Waals surface area contributed by atoms with Crippen LogP contribution in [0.15, 0.2) is 109 Å². The summed E-state index contributed by atoms with van der Waals surface area (Å²) in [5.74, 6) is -0.317. The van der Waals surface area contributed by atoms with Crippen molar-refractivity contribution in [3.05, 3.63) is 137 Å². The zero-order chi connectivity index (χ0) is 26.7. The number of carbonyl (C=O) groups excluding carboxylic acids is 1. The Morgan fingerprint density at radius 1 is 0.763 bits per heavy atom. The van der Waals surface area contributed by atoms with Crippen LogP contribution in [0.25, 0.3) is 0 Å². The largest absolute Gasteiger partial charge is 0.370 e. The molecule has 0 aromatic heterocycles. The number of benzene rings is 4. The van der Waals surface area contributed by atoms with E-state index in [0.717, 1.165) is 16.8 Å². The van der Waals surface area contributed by atoms with Gasteiger partial charge in [0, 0.05) is 38.4 Å². The highest BCUT2D eigenvalue weighted by molar-refractivity contribution is 5.78. The van der Waals surface area contributed by atoms with Crippen molar-refractivity contribution in [3.8, 4) is 0 Å². The molecule has 4 nitrogen and oxygen atoms in total. The van der Waals surface area contributed by atoms with Gasteiger partial charge in [-0.3, -0.25) is 9.69 Å². The van der Waals surface area contributed by atoms with Gasteiger partial charge in [0.1, 0.15) is 5.82 Å². The molecule has 38 heavy (non-hydrogen) atoms. The molecule has 0 aliphatic rings. The van der Waals surface area contributed by atoms with Gasteiger partial charge in [-0.25, -0.2) is 4.39 Å². The van der Waals surface area contributed by atoms with Gasteiger partial charge in [0.2, 0.25) is 5.91 Å². The van der Waals surface area contributed by atoms with E-state index in [4.69, 9.17) is 0 Å². The topological polar surface area (TPSA) is 35.6 Å². The van der Waals surface area contributed by atoms with Gasteiger partial charge in [-0.1, -0.05) is 97.1 Å². The van der Waals surface area contributed by atoms with Gasteiger partial charge in [-0.15, -0.1) is 0 Å². The molecule has 4 aromatic carbocycles. The summed E-state index contributed by atoms with van der Waals surface area (Å²) in [6.07, 6.45) is 0.428. The van der Waals surface area contributed by atoms with Gasteiger partial charge in [-0.05, 0) is 47.7 Å². The monoisotopic (exact) mass is 509 g/mol. The van der Waals surface area contributed by atoms with Gasteiger partial charge < -0.3 is 10.2 Å². The minimum atomic E-state index is -0.252. The van der Waals surface area contributed by atoms with Crippen molar-refractivity contribution in [3.63, 3.8) is 0 Å². The Hall–Kier alpha value is -3.96. The highest BCUT2D eigenvalue weighted by Gasteiger charge is 2.16. The molecule has 0 saturated heterocycles. The molecule has 0 aliphatic heterocycles. The first-order valence-electron chi connectivity index (χ1n) is 13.1. The van der Waals surface area contributed by atoms with Crippen LogP contribution >= 0.6 is 0 Å². The second kappa shape index (κ2) is 13.5. The van der Waals surface area contributed by atoms with Gasteiger partial charge in [0.15, 0.2) is 0 Å². The van der Waals surface area contributed by atoms with Crippen molar-refractivity contribution >= 4 is 11.6 Å². The lowest BCUT2D eigenvalue weighted by Crippen LogP contribution is -2.41. The third-order valence-electron chi connectivity index (χ3n) is 6.54. The summed E-state index contributed by atoms with van der Waals surface area (Å²) in [5.41, 5.74) is 4.90. The Kier molecular flexibility index (Phi) is 9.65. The zero-order valence-corrected chi connectivity index (χ0v) is 22.2. The first kappa shape index (κ1) is 27.1. The van der Waals surface area contributed by atoms with Crippen molar-refractivity contribution in [2.75, 3.05) is 18.5 Å². The van der Waals surface area contributed by atoms with E-state index in [1.807, 2.05) is 85.6 Å². The average molecular weight is 510 g/mol. The molecule has 4 aromatic rings. The number of nitrogens with one attached hydrogen (secondary N) is 1. The molecule has 196 valence electrons. The normalized spacial score (nSPS) is 11.8. The Bertz CT molecular complexity index is 1240. The number of hydrogen-bond donors (Lipinski definition) is 1. The van der Waals surface area contributed by atoms with Gasteiger partial charge in [0.25, 0.3) is 0 Å². The van der Waals surface area contributed by atoms with Gasteiger partial charge in [0.05, 0.1) is 6.54 Å². The van der Waals surface area contributed by atoms with Crippen molar-refractivity contribution in [2.45, 2.75) is 39.0 Å². The van der Waals surface area contributed by atoms with Crippen LogP contribution in [0.5, 0.6) is 0 Å². The van der Waals surface area contributed by atoms with Crippen LogP contribution in [0.3, 0.4) is 0 Å². The fourth-order valence-corrected chi connectivity index (χ4v) is 4.64. The van der Waals surface area contributed by atoms with Crippen LogP contribution in [0.4, 0.5) is 10.1 Å². The van der Waals surface area contributed by atoms with E-state index < -0.39 is 0 Å². The fourth-order valence-electron chi connectivity index (χ4n) is 4.64. The SMILES string of the molecule is CC(Cc1ccc(N(C)Cc2ccccc2)cc1F)NC(=O)CN(Cc1ccccc1)Cc1ccccc1. The van der Waals surface area contributed by atoms with Crippen LogP contribution in [0.2, 0.25) is 0 Å². The van der Waals surface area contributed by atoms with E-state index >= 15 is 0 Å². The molecule has 0 aliphatic carbocycles. The maximum atomic E-state index is 15.0. The summed E-state index contributed by atoms with van der Waals surface area (Å²) in [4.78, 5) is 17.1. The summed E-state index contributed by atoms with van der Waals surface area (Å²) in [6.45, 7) is 4.23. The molecule has 0 saturated carbocycles. The van der Waals surface area contributed by atoms with Crippen LogP contribution in [0.1, 0.15) is 29.2 Å². The second-order valence-corrected chi connectivity index (χ2v) is 9.91. The number of rotatable bonds is 12. The average Bonchev–Trinajstić information content (AvgIpc) is 2.91. The van der Waals surface area contributed by atoms with E-state index in [9.17, 15) is 9.18 Å². The maximum Gasteiger partial charge on any atom is 0.234 e. The summed E-state index contributed by atoms with van der Waals surface area (Å²) >= 11 is 0. The molecule has 5 heteroatoms. The smallest absolute Gasteiger partial charge is 0.234 e. The highest BCUT2D eigenvalue weighted by atomic mass is 19.1. The van der Waals surface area contributed by atoms with E-state index in [0.29, 0.717) is 31.6 Å². The summed E-state index contributed by atoms with van der Waals surface area (Å²) < 4.78 is 15.0. The molecular formula is C33H36FN3O. The van der Waals surface area contributed by atoms with E-state index in [1.165, 1.54) is 5.56 Å². The lowest BCUT2D eigenvalue weighted by molar-refractivity contribution is -0.123. The molecular weight excluding hydrogens is 473 g/mol. The van der Waals surface area contributed by atoms with Crippen LogP contribution < -0.4 is 10.2 Å². The Labute approximate surface area is 225 Å². The predicted octanol–water partition coefficient (Wildman–Crippen LogP) is 6.21. The summed E-state index contributed by atoms with van der Waals surface area (Å²) in [6, 6.07) is 35.6. The van der Waals surface area contributed by atoms with Gasteiger partial charge in [-0.2, -0.15) is 0 Å². The van der Waals surface area contributed by atoms with Crippen LogP contribution in [-0.4, -0.2) is 30.4 Å². The van der Waals surface area contributed by atoms with E-state index in [2.05, 4.69) is 46.6 Å². The summed E-state index contributed by atoms with van der Waals surface area (Å²) in [7, 11) is 1.96. The lowest BCUT2D eigenvalue weighted by atomic mass is 10.1. The van der Waals surface area contributed by atoms with E-state index in [-0.39, 0.29) is 24.3 Å². The molecule has 0 radical (unpaired) electrons. The lowest BCUT2D eigenvalue weighted by Gasteiger charge is -2.24. The zero-order valence-electron chi connectivity index (χ0n) is 22.2. The third kappa shape index (κ3) is 8.29. The Morgan fingerprint density at radius 3 is 1.76 bits per heavy atom. The second-order valence-electron chi connectivity index (χ2n) is 9.91. The molecule has 1 unspecified atom stereocenters.